The Hall–Kier alpha value is -4.34. The lowest BCUT2D eigenvalue weighted by molar-refractivity contribution is -0.140. The first kappa shape index (κ1) is 34.5. The number of aryl methyl sites for hydroxylation is 1. The SMILES string of the molecule is CCCCNC(=O)[C@H](Cc1ccccc1)N(Cc1cccc(OC)c1)C(=O)CN(c1cccc(Cl)c1)S(=O)(=O)c1ccc(C)cc1. The number of benzene rings is 4. The van der Waals surface area contributed by atoms with Crippen LogP contribution in [0.3, 0.4) is 0 Å². The van der Waals surface area contributed by atoms with Crippen molar-refractivity contribution in [1.82, 2.24) is 10.2 Å². The number of amides is 2. The number of nitrogens with one attached hydrogen (secondary N) is 1. The Balaban J connectivity index is 1.80. The molecule has 8 nitrogen and oxygen atoms in total. The Labute approximate surface area is 277 Å². The second-order valence-electron chi connectivity index (χ2n) is 11.0. The molecule has 0 aliphatic heterocycles. The van der Waals surface area contributed by atoms with Crippen molar-refractivity contribution in [2.24, 2.45) is 0 Å². The van der Waals surface area contributed by atoms with Crippen LogP contribution >= 0.6 is 11.6 Å². The number of hydrogen-bond acceptors (Lipinski definition) is 5. The number of rotatable bonds is 15. The first-order valence-electron chi connectivity index (χ1n) is 15.2. The highest BCUT2D eigenvalue weighted by Gasteiger charge is 2.34. The molecule has 0 unspecified atom stereocenters. The zero-order valence-electron chi connectivity index (χ0n) is 26.4. The summed E-state index contributed by atoms with van der Waals surface area (Å²) in [6, 6.07) is 28.6. The number of nitrogens with zero attached hydrogens (tertiary/aromatic N) is 2. The summed E-state index contributed by atoms with van der Waals surface area (Å²) in [4.78, 5) is 29.9. The van der Waals surface area contributed by atoms with Crippen LogP contribution in [0.25, 0.3) is 0 Å². The van der Waals surface area contributed by atoms with Crippen LogP contribution < -0.4 is 14.4 Å². The fourth-order valence-electron chi connectivity index (χ4n) is 5.03. The number of hydrogen-bond donors (Lipinski definition) is 1. The molecule has 0 aliphatic carbocycles. The number of unbranched alkanes of at least 4 members (excludes halogenated alkanes) is 1. The van der Waals surface area contributed by atoms with Crippen LogP contribution in [-0.4, -0.2) is 51.4 Å². The Bertz CT molecular complexity index is 1720. The van der Waals surface area contributed by atoms with Gasteiger partial charge in [-0.2, -0.15) is 0 Å². The second-order valence-corrected chi connectivity index (χ2v) is 13.3. The van der Waals surface area contributed by atoms with Gasteiger partial charge in [0, 0.05) is 24.5 Å². The predicted molar refractivity (Wildman–Crippen MR) is 183 cm³/mol. The molecule has 0 spiro atoms. The van der Waals surface area contributed by atoms with Gasteiger partial charge in [-0.1, -0.05) is 91.2 Å². The van der Waals surface area contributed by atoms with E-state index in [9.17, 15) is 18.0 Å². The van der Waals surface area contributed by atoms with Crippen molar-refractivity contribution in [3.05, 3.63) is 125 Å². The van der Waals surface area contributed by atoms with Gasteiger partial charge in [0.15, 0.2) is 0 Å². The predicted octanol–water partition coefficient (Wildman–Crippen LogP) is 6.41. The molecule has 46 heavy (non-hydrogen) atoms. The van der Waals surface area contributed by atoms with E-state index in [1.165, 1.54) is 23.1 Å². The maximum Gasteiger partial charge on any atom is 0.264 e. The van der Waals surface area contributed by atoms with E-state index in [2.05, 4.69) is 5.32 Å². The van der Waals surface area contributed by atoms with Gasteiger partial charge in [-0.3, -0.25) is 13.9 Å². The molecule has 0 saturated heterocycles. The molecule has 0 heterocycles. The van der Waals surface area contributed by atoms with Crippen LogP contribution in [0.2, 0.25) is 5.02 Å². The number of anilines is 1. The lowest BCUT2D eigenvalue weighted by atomic mass is 10.0. The quantitative estimate of drug-likeness (QED) is 0.149. The van der Waals surface area contributed by atoms with Crippen molar-refractivity contribution < 1.29 is 22.7 Å². The van der Waals surface area contributed by atoms with Crippen LogP contribution in [-0.2, 0) is 32.6 Å². The van der Waals surface area contributed by atoms with Crippen LogP contribution in [0.15, 0.2) is 108 Å². The van der Waals surface area contributed by atoms with Crippen LogP contribution in [0.1, 0.15) is 36.5 Å². The highest BCUT2D eigenvalue weighted by Crippen LogP contribution is 2.27. The van der Waals surface area contributed by atoms with Crippen molar-refractivity contribution in [2.45, 2.75) is 50.6 Å². The lowest BCUT2D eigenvalue weighted by Crippen LogP contribution is -2.53. The fourth-order valence-corrected chi connectivity index (χ4v) is 6.62. The third kappa shape index (κ3) is 9.11. The zero-order valence-corrected chi connectivity index (χ0v) is 27.9. The van der Waals surface area contributed by atoms with Crippen molar-refractivity contribution in [3.8, 4) is 5.75 Å². The van der Waals surface area contributed by atoms with E-state index in [-0.39, 0.29) is 29.5 Å². The minimum absolute atomic E-state index is 0.0309. The largest absolute Gasteiger partial charge is 0.497 e. The smallest absolute Gasteiger partial charge is 0.264 e. The highest BCUT2D eigenvalue weighted by molar-refractivity contribution is 7.92. The summed E-state index contributed by atoms with van der Waals surface area (Å²) in [6.07, 6.45) is 1.91. The van der Waals surface area contributed by atoms with E-state index in [0.29, 0.717) is 17.3 Å². The van der Waals surface area contributed by atoms with E-state index in [0.717, 1.165) is 33.8 Å². The Morgan fingerprint density at radius 3 is 2.26 bits per heavy atom. The number of carbonyl (C=O) groups excluding carboxylic acids is 2. The molecular weight excluding hydrogens is 622 g/mol. The van der Waals surface area contributed by atoms with Gasteiger partial charge in [0.2, 0.25) is 11.8 Å². The van der Waals surface area contributed by atoms with Crippen LogP contribution in [0.4, 0.5) is 5.69 Å². The van der Waals surface area contributed by atoms with Gasteiger partial charge in [0.05, 0.1) is 17.7 Å². The van der Waals surface area contributed by atoms with Gasteiger partial charge < -0.3 is 15.0 Å². The summed E-state index contributed by atoms with van der Waals surface area (Å²) in [6.45, 7) is 3.84. The third-order valence-corrected chi connectivity index (χ3v) is 9.59. The summed E-state index contributed by atoms with van der Waals surface area (Å²) in [7, 11) is -2.66. The Kier molecular flexibility index (Phi) is 12.2. The molecule has 0 bridgehead atoms. The molecule has 1 atom stereocenters. The molecule has 4 aromatic rings. The third-order valence-electron chi connectivity index (χ3n) is 7.57. The standard InChI is InChI=1S/C36H40ClN3O5S/c1-4-5-21-38-36(42)34(23-28-11-7-6-8-12-28)39(25-29-13-9-16-32(22-29)45-3)35(41)26-40(31-15-10-14-30(37)24-31)46(43,44)33-19-17-27(2)18-20-33/h6-20,22,24,34H,4-5,21,23,25-26H2,1-3H3,(H,38,42)/t34-/m0/s1. The van der Waals surface area contributed by atoms with E-state index >= 15 is 0 Å². The molecule has 0 fully saturated rings. The van der Waals surface area contributed by atoms with Gasteiger partial charge in [-0.15, -0.1) is 0 Å². The zero-order chi connectivity index (χ0) is 33.1. The minimum atomic E-state index is -4.22. The molecule has 0 aromatic heterocycles. The number of sulfonamides is 1. The molecule has 4 aromatic carbocycles. The van der Waals surface area contributed by atoms with Crippen molar-refractivity contribution >= 4 is 39.1 Å². The lowest BCUT2D eigenvalue weighted by Gasteiger charge is -2.34. The van der Waals surface area contributed by atoms with Gasteiger partial charge in [0.1, 0.15) is 18.3 Å². The molecule has 0 radical (unpaired) electrons. The van der Waals surface area contributed by atoms with Gasteiger partial charge in [-0.25, -0.2) is 8.42 Å². The highest BCUT2D eigenvalue weighted by atomic mass is 35.5. The van der Waals surface area contributed by atoms with Crippen molar-refractivity contribution in [1.29, 1.82) is 0 Å². The van der Waals surface area contributed by atoms with E-state index in [4.69, 9.17) is 16.3 Å². The monoisotopic (exact) mass is 661 g/mol. The van der Waals surface area contributed by atoms with Crippen molar-refractivity contribution in [2.75, 3.05) is 24.5 Å². The topological polar surface area (TPSA) is 96.0 Å². The molecule has 242 valence electrons. The number of halogens is 1. The maximum atomic E-state index is 14.5. The van der Waals surface area contributed by atoms with E-state index in [1.807, 2.05) is 56.3 Å². The van der Waals surface area contributed by atoms with E-state index in [1.54, 1.807) is 49.6 Å². The summed E-state index contributed by atoms with van der Waals surface area (Å²) in [5.41, 5.74) is 2.71. The average Bonchev–Trinajstić information content (AvgIpc) is 3.05. The maximum absolute atomic E-state index is 14.5. The average molecular weight is 662 g/mol. The molecule has 1 N–H and O–H groups in total. The summed E-state index contributed by atoms with van der Waals surface area (Å²) in [5.74, 6) is -0.270. The summed E-state index contributed by atoms with van der Waals surface area (Å²) >= 11 is 6.30. The summed E-state index contributed by atoms with van der Waals surface area (Å²) < 4.78 is 34.8. The molecule has 10 heteroatoms. The molecular formula is C36H40ClN3O5S. The molecule has 0 aliphatic rings. The van der Waals surface area contributed by atoms with E-state index < -0.39 is 28.5 Å². The number of methoxy groups -OCH3 is 1. The number of carbonyl (C=O) groups is 2. The van der Waals surface area contributed by atoms with Gasteiger partial charge in [0.25, 0.3) is 10.0 Å². The van der Waals surface area contributed by atoms with Crippen LogP contribution in [0.5, 0.6) is 5.75 Å². The molecule has 2 amide bonds. The molecule has 4 rings (SSSR count). The van der Waals surface area contributed by atoms with Crippen molar-refractivity contribution in [3.63, 3.8) is 0 Å². The summed E-state index contributed by atoms with van der Waals surface area (Å²) in [5, 5.41) is 3.31. The van der Waals surface area contributed by atoms with Gasteiger partial charge in [-0.05, 0) is 66.9 Å². The Morgan fingerprint density at radius 1 is 0.891 bits per heavy atom. The second kappa shape index (κ2) is 16.3. The van der Waals surface area contributed by atoms with Crippen LogP contribution in [0, 0.1) is 6.92 Å². The minimum Gasteiger partial charge on any atom is -0.497 e. The van der Waals surface area contributed by atoms with Gasteiger partial charge >= 0.3 is 0 Å². The Morgan fingerprint density at radius 2 is 1.59 bits per heavy atom. The normalized spacial score (nSPS) is 11.8. The fraction of sp³-hybridized carbons (Fsp3) is 0.278. The number of ether oxygens (including phenoxy) is 1. The first-order chi connectivity index (χ1) is 22.1. The molecule has 0 saturated carbocycles. The first-order valence-corrected chi connectivity index (χ1v) is 17.0.